The molecule has 0 saturated heterocycles. The van der Waals surface area contributed by atoms with Crippen molar-refractivity contribution in [1.29, 1.82) is 0 Å². The van der Waals surface area contributed by atoms with Crippen molar-refractivity contribution in [2.24, 2.45) is 0 Å². The van der Waals surface area contributed by atoms with Crippen LogP contribution in [0.2, 0.25) is 0 Å². The van der Waals surface area contributed by atoms with Gasteiger partial charge in [-0.2, -0.15) is 0 Å². The van der Waals surface area contributed by atoms with E-state index in [1.165, 1.54) is 0 Å². The smallest absolute Gasteiger partial charge is 0.164 e. The van der Waals surface area contributed by atoms with Crippen LogP contribution in [0, 0.1) is 6.92 Å². The molecule has 0 amide bonds. The van der Waals surface area contributed by atoms with Crippen molar-refractivity contribution in [3.8, 4) is 67.7 Å². The maximum Gasteiger partial charge on any atom is 0.164 e. The van der Waals surface area contributed by atoms with E-state index in [0.717, 1.165) is 55.8 Å². The monoisotopic (exact) mass is 552 g/mol. The van der Waals surface area contributed by atoms with Gasteiger partial charge in [-0.15, -0.1) is 0 Å². The molecule has 2 heterocycles. The quantitative estimate of drug-likeness (QED) is 0.206. The van der Waals surface area contributed by atoms with Crippen LogP contribution in [0.4, 0.5) is 0 Å². The Balaban J connectivity index is 1.39. The third-order valence-corrected chi connectivity index (χ3v) is 7.49. The van der Waals surface area contributed by atoms with Gasteiger partial charge in [-0.1, -0.05) is 121 Å². The van der Waals surface area contributed by atoms with Crippen LogP contribution in [0.5, 0.6) is 0 Å². The third-order valence-electron chi connectivity index (χ3n) is 7.49. The highest BCUT2D eigenvalue weighted by molar-refractivity contribution is 5.76. The summed E-state index contributed by atoms with van der Waals surface area (Å²) in [5.41, 5.74) is 10.4. The van der Waals surface area contributed by atoms with E-state index in [1.807, 2.05) is 36.5 Å². The fourth-order valence-corrected chi connectivity index (χ4v) is 5.29. The van der Waals surface area contributed by atoms with Gasteiger partial charge in [-0.3, -0.25) is 4.98 Å². The summed E-state index contributed by atoms with van der Waals surface area (Å²) in [6.07, 6.45) is 1.83. The zero-order chi connectivity index (χ0) is 29.0. The van der Waals surface area contributed by atoms with Gasteiger partial charge in [0.15, 0.2) is 17.5 Å². The predicted molar refractivity (Wildman–Crippen MR) is 175 cm³/mol. The molecule has 0 bridgehead atoms. The minimum Gasteiger partial charge on any atom is -0.256 e. The average Bonchev–Trinajstić information content (AvgIpc) is 3.09. The minimum absolute atomic E-state index is 0.616. The summed E-state index contributed by atoms with van der Waals surface area (Å²) in [4.78, 5) is 19.7. The molecule has 7 rings (SSSR count). The van der Waals surface area contributed by atoms with Crippen LogP contribution >= 0.6 is 0 Å². The number of pyridine rings is 1. The second-order valence-corrected chi connectivity index (χ2v) is 10.4. The molecule has 0 unspecified atom stereocenters. The highest BCUT2D eigenvalue weighted by Crippen LogP contribution is 2.31. The summed E-state index contributed by atoms with van der Waals surface area (Å²) < 4.78 is 0. The molecule has 0 aliphatic carbocycles. The van der Waals surface area contributed by atoms with E-state index in [-0.39, 0.29) is 0 Å². The second-order valence-electron chi connectivity index (χ2n) is 10.4. The lowest BCUT2D eigenvalue weighted by Crippen LogP contribution is -2.00. The highest BCUT2D eigenvalue weighted by atomic mass is 15.0. The number of rotatable bonds is 6. The lowest BCUT2D eigenvalue weighted by Gasteiger charge is -2.11. The summed E-state index contributed by atoms with van der Waals surface area (Å²) in [5, 5.41) is 0. The number of aryl methyl sites for hydroxylation is 1. The lowest BCUT2D eigenvalue weighted by atomic mass is 10.0. The summed E-state index contributed by atoms with van der Waals surface area (Å²) in [5.74, 6) is 1.87. The topological polar surface area (TPSA) is 51.6 Å². The molecule has 43 heavy (non-hydrogen) atoms. The standard InChI is InChI=1S/C39H28N4/c1-27-12-11-23-40-36(27)32-19-10-22-35(26-32)39-42-37(33-20-8-17-30(24-33)28-13-4-2-5-14-28)41-38(43-39)34-21-9-18-31(25-34)29-15-6-3-7-16-29/h2-26H,1H3. The van der Waals surface area contributed by atoms with E-state index in [0.29, 0.717) is 17.5 Å². The number of hydrogen-bond acceptors (Lipinski definition) is 4. The van der Waals surface area contributed by atoms with Gasteiger partial charge >= 0.3 is 0 Å². The zero-order valence-corrected chi connectivity index (χ0v) is 23.7. The summed E-state index contributed by atoms with van der Waals surface area (Å²) in [6, 6.07) is 49.8. The molecule has 0 radical (unpaired) electrons. The van der Waals surface area contributed by atoms with Crippen molar-refractivity contribution >= 4 is 0 Å². The van der Waals surface area contributed by atoms with E-state index in [1.54, 1.807) is 0 Å². The second kappa shape index (κ2) is 11.6. The summed E-state index contributed by atoms with van der Waals surface area (Å²) >= 11 is 0. The molecule has 204 valence electrons. The van der Waals surface area contributed by atoms with Crippen molar-refractivity contribution in [2.75, 3.05) is 0 Å². The Morgan fingerprint density at radius 3 is 1.21 bits per heavy atom. The van der Waals surface area contributed by atoms with Crippen LogP contribution in [0.15, 0.2) is 152 Å². The fraction of sp³-hybridized carbons (Fsp3) is 0.0256. The molecule has 7 aromatic rings. The van der Waals surface area contributed by atoms with Crippen LogP contribution in [0.3, 0.4) is 0 Å². The Morgan fingerprint density at radius 2 is 0.744 bits per heavy atom. The Hall–Kier alpha value is -5.74. The van der Waals surface area contributed by atoms with Crippen LogP contribution < -0.4 is 0 Å². The van der Waals surface area contributed by atoms with E-state index >= 15 is 0 Å². The minimum atomic E-state index is 0.616. The predicted octanol–water partition coefficient (Wildman–Crippen LogP) is 9.58. The van der Waals surface area contributed by atoms with Crippen LogP contribution in [0.25, 0.3) is 67.7 Å². The summed E-state index contributed by atoms with van der Waals surface area (Å²) in [6.45, 7) is 2.08. The van der Waals surface area contributed by atoms with Crippen LogP contribution in [-0.4, -0.2) is 19.9 Å². The molecule has 5 aromatic carbocycles. The van der Waals surface area contributed by atoms with Gasteiger partial charge in [0.05, 0.1) is 5.69 Å². The third kappa shape index (κ3) is 5.59. The highest BCUT2D eigenvalue weighted by Gasteiger charge is 2.15. The Kier molecular flexibility index (Phi) is 7.08. The molecule has 0 atom stereocenters. The van der Waals surface area contributed by atoms with Crippen molar-refractivity contribution in [2.45, 2.75) is 6.92 Å². The van der Waals surface area contributed by atoms with Crippen molar-refractivity contribution in [3.05, 3.63) is 157 Å². The van der Waals surface area contributed by atoms with Gasteiger partial charge in [-0.25, -0.2) is 15.0 Å². The normalized spacial score (nSPS) is 10.9. The van der Waals surface area contributed by atoms with Crippen LogP contribution in [0.1, 0.15) is 5.56 Å². The number of aromatic nitrogens is 4. The molecule has 0 aliphatic heterocycles. The van der Waals surface area contributed by atoms with Gasteiger partial charge in [-0.05, 0) is 59.0 Å². The maximum atomic E-state index is 5.03. The van der Waals surface area contributed by atoms with Gasteiger partial charge in [0.1, 0.15) is 0 Å². The maximum absolute atomic E-state index is 5.03. The molecule has 0 N–H and O–H groups in total. The van der Waals surface area contributed by atoms with Gasteiger partial charge < -0.3 is 0 Å². The molecule has 4 heteroatoms. The van der Waals surface area contributed by atoms with E-state index in [2.05, 4.69) is 127 Å². The lowest BCUT2D eigenvalue weighted by molar-refractivity contribution is 1.07. The SMILES string of the molecule is Cc1cccnc1-c1cccc(-c2nc(-c3cccc(-c4ccccc4)c3)nc(-c3cccc(-c4ccccc4)c3)n2)c1. The van der Waals surface area contributed by atoms with Crippen LogP contribution in [-0.2, 0) is 0 Å². The molecular weight excluding hydrogens is 524 g/mol. The molecule has 0 spiro atoms. The molecule has 0 aliphatic rings. The molecular formula is C39H28N4. The van der Waals surface area contributed by atoms with Crippen molar-refractivity contribution < 1.29 is 0 Å². The van der Waals surface area contributed by atoms with Gasteiger partial charge in [0.2, 0.25) is 0 Å². The first-order valence-corrected chi connectivity index (χ1v) is 14.3. The van der Waals surface area contributed by atoms with Gasteiger partial charge in [0, 0.05) is 28.5 Å². The van der Waals surface area contributed by atoms with E-state index in [4.69, 9.17) is 15.0 Å². The molecule has 4 nitrogen and oxygen atoms in total. The fourth-order valence-electron chi connectivity index (χ4n) is 5.29. The largest absolute Gasteiger partial charge is 0.256 e. The molecule has 2 aromatic heterocycles. The number of benzene rings is 5. The Bertz CT molecular complexity index is 1930. The number of hydrogen-bond donors (Lipinski definition) is 0. The molecule has 0 saturated carbocycles. The first-order valence-electron chi connectivity index (χ1n) is 14.3. The van der Waals surface area contributed by atoms with Crippen molar-refractivity contribution in [1.82, 2.24) is 19.9 Å². The first kappa shape index (κ1) is 26.2. The first-order chi connectivity index (χ1) is 21.2. The van der Waals surface area contributed by atoms with Crippen molar-refractivity contribution in [3.63, 3.8) is 0 Å². The zero-order valence-electron chi connectivity index (χ0n) is 23.7. The Morgan fingerprint density at radius 1 is 0.349 bits per heavy atom. The van der Waals surface area contributed by atoms with E-state index < -0.39 is 0 Å². The average molecular weight is 553 g/mol. The number of nitrogens with zero attached hydrogens (tertiary/aromatic N) is 4. The summed E-state index contributed by atoms with van der Waals surface area (Å²) in [7, 11) is 0. The van der Waals surface area contributed by atoms with Gasteiger partial charge in [0.25, 0.3) is 0 Å². The van der Waals surface area contributed by atoms with E-state index in [9.17, 15) is 0 Å². The Labute approximate surface area is 251 Å². The molecule has 0 fully saturated rings.